The predicted octanol–water partition coefficient (Wildman–Crippen LogP) is 3.73. The molecule has 0 saturated carbocycles. The lowest BCUT2D eigenvalue weighted by Crippen LogP contribution is -2.12. The second-order valence-electron chi connectivity index (χ2n) is 4.24. The number of aromatic nitrogens is 1. The van der Waals surface area contributed by atoms with Crippen molar-refractivity contribution in [1.29, 1.82) is 0 Å². The van der Waals surface area contributed by atoms with Crippen LogP contribution in [0.5, 0.6) is 0 Å². The number of fused-ring (bicyclic) bond motifs is 1. The van der Waals surface area contributed by atoms with E-state index >= 15 is 0 Å². The van der Waals surface area contributed by atoms with Gasteiger partial charge in [0, 0.05) is 15.9 Å². The molecule has 0 aliphatic carbocycles. The van der Waals surface area contributed by atoms with Crippen molar-refractivity contribution >= 4 is 38.2 Å². The number of pyridine rings is 1. The minimum atomic E-state index is -0.419. The van der Waals surface area contributed by atoms with Crippen LogP contribution < -0.4 is 5.32 Å². The van der Waals surface area contributed by atoms with Crippen molar-refractivity contribution in [3.05, 3.63) is 39.0 Å². The fourth-order valence-corrected chi connectivity index (χ4v) is 2.09. The molecule has 0 unspecified atom stereocenters. The minimum Gasteiger partial charge on any atom is -0.377 e. The molecule has 94 valence electrons. The molecule has 0 amide bonds. The van der Waals surface area contributed by atoms with Gasteiger partial charge in [-0.25, -0.2) is 4.98 Å². The first-order valence-corrected chi connectivity index (χ1v) is 6.27. The van der Waals surface area contributed by atoms with E-state index in [0.29, 0.717) is 5.69 Å². The number of rotatable bonds is 3. The summed E-state index contributed by atoms with van der Waals surface area (Å²) >= 11 is 3.37. The SMILES string of the molecule is CC(C)Nc1c([N+](=O)[O-])cnc2ccc(Br)cc12. The van der Waals surface area contributed by atoms with E-state index in [1.54, 1.807) is 0 Å². The van der Waals surface area contributed by atoms with Crippen LogP contribution in [0.3, 0.4) is 0 Å². The minimum absolute atomic E-state index is 0.00528. The van der Waals surface area contributed by atoms with Gasteiger partial charge in [0.2, 0.25) is 0 Å². The standard InChI is InChI=1S/C12H12BrN3O2/c1-7(2)15-12-9-5-8(13)3-4-10(9)14-6-11(12)16(17)18/h3-7H,1-2H3,(H,14,15). The van der Waals surface area contributed by atoms with Crippen LogP contribution in [0.15, 0.2) is 28.9 Å². The third kappa shape index (κ3) is 2.43. The Morgan fingerprint density at radius 2 is 2.17 bits per heavy atom. The van der Waals surface area contributed by atoms with Gasteiger partial charge < -0.3 is 5.32 Å². The molecule has 6 heteroatoms. The third-order valence-corrected chi connectivity index (χ3v) is 2.93. The van der Waals surface area contributed by atoms with Gasteiger partial charge in [-0.05, 0) is 32.0 Å². The van der Waals surface area contributed by atoms with Crippen molar-refractivity contribution in [2.45, 2.75) is 19.9 Å². The van der Waals surface area contributed by atoms with Crippen molar-refractivity contribution in [2.24, 2.45) is 0 Å². The Kier molecular flexibility index (Phi) is 3.47. The molecule has 0 aliphatic rings. The van der Waals surface area contributed by atoms with E-state index in [9.17, 15) is 10.1 Å². The molecule has 0 bridgehead atoms. The van der Waals surface area contributed by atoms with E-state index in [2.05, 4.69) is 26.2 Å². The van der Waals surface area contributed by atoms with Gasteiger partial charge >= 0.3 is 5.69 Å². The van der Waals surface area contributed by atoms with Gasteiger partial charge in [-0.2, -0.15) is 0 Å². The lowest BCUT2D eigenvalue weighted by molar-refractivity contribution is -0.384. The molecular formula is C12H12BrN3O2. The Morgan fingerprint density at radius 1 is 1.44 bits per heavy atom. The molecule has 2 aromatic rings. The Morgan fingerprint density at radius 3 is 2.78 bits per heavy atom. The summed E-state index contributed by atoms with van der Waals surface area (Å²) in [5.41, 5.74) is 1.24. The lowest BCUT2D eigenvalue weighted by atomic mass is 10.1. The summed E-state index contributed by atoms with van der Waals surface area (Å²) in [5, 5.41) is 14.9. The Hall–Kier alpha value is -1.69. The monoisotopic (exact) mass is 309 g/mol. The van der Waals surface area contributed by atoms with E-state index in [1.807, 2.05) is 32.0 Å². The number of halogens is 1. The largest absolute Gasteiger partial charge is 0.377 e. The molecule has 0 spiro atoms. The van der Waals surface area contributed by atoms with Crippen LogP contribution in [0.4, 0.5) is 11.4 Å². The van der Waals surface area contributed by atoms with Crippen molar-refractivity contribution in [2.75, 3.05) is 5.32 Å². The summed E-state index contributed by atoms with van der Waals surface area (Å²) in [6.45, 7) is 3.88. The summed E-state index contributed by atoms with van der Waals surface area (Å²) in [6, 6.07) is 5.63. The molecule has 5 nitrogen and oxygen atoms in total. The van der Waals surface area contributed by atoms with Crippen LogP contribution in [0, 0.1) is 10.1 Å². The van der Waals surface area contributed by atoms with Crippen LogP contribution in [-0.4, -0.2) is 15.9 Å². The quantitative estimate of drug-likeness (QED) is 0.693. The maximum absolute atomic E-state index is 11.0. The van der Waals surface area contributed by atoms with Gasteiger partial charge in [0.1, 0.15) is 11.9 Å². The number of nitro groups is 1. The molecule has 0 aliphatic heterocycles. The van der Waals surface area contributed by atoms with Gasteiger partial charge in [-0.15, -0.1) is 0 Å². The molecule has 0 atom stereocenters. The number of hydrogen-bond donors (Lipinski definition) is 1. The molecule has 1 N–H and O–H groups in total. The summed E-state index contributed by atoms with van der Waals surface area (Å²) in [4.78, 5) is 14.7. The van der Waals surface area contributed by atoms with E-state index in [0.717, 1.165) is 15.4 Å². The highest BCUT2D eigenvalue weighted by molar-refractivity contribution is 9.10. The van der Waals surface area contributed by atoms with E-state index in [1.165, 1.54) is 6.20 Å². The second-order valence-corrected chi connectivity index (χ2v) is 5.15. The molecule has 2 rings (SSSR count). The van der Waals surface area contributed by atoms with Gasteiger partial charge in [-0.3, -0.25) is 10.1 Å². The molecule has 18 heavy (non-hydrogen) atoms. The average molecular weight is 310 g/mol. The zero-order valence-corrected chi connectivity index (χ0v) is 11.6. The highest BCUT2D eigenvalue weighted by Gasteiger charge is 2.18. The Labute approximate surface area is 112 Å². The van der Waals surface area contributed by atoms with Crippen molar-refractivity contribution in [1.82, 2.24) is 4.98 Å². The van der Waals surface area contributed by atoms with Crippen LogP contribution >= 0.6 is 15.9 Å². The van der Waals surface area contributed by atoms with Crippen LogP contribution in [0.25, 0.3) is 10.9 Å². The number of anilines is 1. The van der Waals surface area contributed by atoms with E-state index in [-0.39, 0.29) is 11.7 Å². The number of nitrogens with one attached hydrogen (secondary N) is 1. The molecule has 0 radical (unpaired) electrons. The lowest BCUT2D eigenvalue weighted by Gasteiger charge is -2.12. The highest BCUT2D eigenvalue weighted by Crippen LogP contribution is 2.33. The molecule has 1 aromatic heterocycles. The van der Waals surface area contributed by atoms with Gasteiger partial charge in [-0.1, -0.05) is 15.9 Å². The molecule has 0 fully saturated rings. The van der Waals surface area contributed by atoms with Crippen LogP contribution in [0.2, 0.25) is 0 Å². The first-order chi connectivity index (χ1) is 8.49. The topological polar surface area (TPSA) is 68.1 Å². The third-order valence-electron chi connectivity index (χ3n) is 2.44. The highest BCUT2D eigenvalue weighted by atomic mass is 79.9. The zero-order chi connectivity index (χ0) is 13.3. The van der Waals surface area contributed by atoms with Crippen molar-refractivity contribution in [3.8, 4) is 0 Å². The Balaban J connectivity index is 2.74. The molecule has 0 saturated heterocycles. The number of benzene rings is 1. The summed E-state index contributed by atoms with van der Waals surface area (Å²) in [5.74, 6) is 0. The summed E-state index contributed by atoms with van der Waals surface area (Å²) in [7, 11) is 0. The molecule has 1 aromatic carbocycles. The van der Waals surface area contributed by atoms with Gasteiger partial charge in [0.05, 0.1) is 10.4 Å². The summed E-state index contributed by atoms with van der Waals surface area (Å²) < 4.78 is 0.865. The van der Waals surface area contributed by atoms with Crippen LogP contribution in [0.1, 0.15) is 13.8 Å². The predicted molar refractivity (Wildman–Crippen MR) is 74.9 cm³/mol. The van der Waals surface area contributed by atoms with Gasteiger partial charge in [0.15, 0.2) is 0 Å². The maximum Gasteiger partial charge on any atom is 0.311 e. The normalized spacial score (nSPS) is 10.9. The van der Waals surface area contributed by atoms with Crippen molar-refractivity contribution < 1.29 is 4.92 Å². The maximum atomic E-state index is 11.0. The molecule has 1 heterocycles. The molecular weight excluding hydrogens is 298 g/mol. The van der Waals surface area contributed by atoms with E-state index < -0.39 is 4.92 Å². The zero-order valence-electron chi connectivity index (χ0n) is 9.98. The number of nitrogens with zero attached hydrogens (tertiary/aromatic N) is 2. The van der Waals surface area contributed by atoms with Crippen LogP contribution in [-0.2, 0) is 0 Å². The number of hydrogen-bond acceptors (Lipinski definition) is 4. The summed E-state index contributed by atoms with van der Waals surface area (Å²) in [6.07, 6.45) is 1.29. The Bertz CT molecular complexity index is 614. The van der Waals surface area contributed by atoms with E-state index in [4.69, 9.17) is 0 Å². The fraction of sp³-hybridized carbons (Fsp3) is 0.250. The van der Waals surface area contributed by atoms with Gasteiger partial charge in [0.25, 0.3) is 0 Å². The second kappa shape index (κ2) is 4.89. The fourth-order valence-electron chi connectivity index (χ4n) is 1.73. The van der Waals surface area contributed by atoms with Crippen molar-refractivity contribution in [3.63, 3.8) is 0 Å². The average Bonchev–Trinajstić information content (AvgIpc) is 2.28. The first kappa shape index (κ1) is 12.8. The first-order valence-electron chi connectivity index (χ1n) is 5.48. The smallest absolute Gasteiger partial charge is 0.311 e.